The van der Waals surface area contributed by atoms with E-state index in [1.165, 1.54) is 10.5 Å². The van der Waals surface area contributed by atoms with E-state index in [0.717, 1.165) is 16.7 Å². The van der Waals surface area contributed by atoms with Crippen molar-refractivity contribution < 1.29 is 9.59 Å². The van der Waals surface area contributed by atoms with Gasteiger partial charge in [0, 0.05) is 0 Å². The summed E-state index contributed by atoms with van der Waals surface area (Å²) in [5, 5.41) is 0. The summed E-state index contributed by atoms with van der Waals surface area (Å²) >= 11 is 0. The summed E-state index contributed by atoms with van der Waals surface area (Å²) in [6.07, 6.45) is 0. The van der Waals surface area contributed by atoms with Gasteiger partial charge in [-0.2, -0.15) is 0 Å². The Kier molecular flexibility index (Phi) is 3.36. The first kappa shape index (κ1) is 14.5. The van der Waals surface area contributed by atoms with Gasteiger partial charge in [0.15, 0.2) is 0 Å². The maximum Gasteiger partial charge on any atom is 0.262 e. The molecule has 1 aliphatic rings. The Morgan fingerprint density at radius 1 is 0.864 bits per heavy atom. The van der Waals surface area contributed by atoms with Crippen molar-refractivity contribution >= 4 is 11.8 Å². The number of benzene rings is 2. The molecule has 2 amide bonds. The average Bonchev–Trinajstić information content (AvgIpc) is 2.70. The topological polar surface area (TPSA) is 37.4 Å². The molecule has 0 atom stereocenters. The SMILES string of the molecule is C[C](c1c(C)cc(C)cc1C)N1C(=O)c2ccccc2C1=O. The Morgan fingerprint density at radius 3 is 1.77 bits per heavy atom. The molecule has 22 heavy (non-hydrogen) atoms. The van der Waals surface area contributed by atoms with Crippen LogP contribution in [0.15, 0.2) is 36.4 Å². The van der Waals surface area contributed by atoms with E-state index in [4.69, 9.17) is 0 Å². The molecule has 3 rings (SSSR count). The Hall–Kier alpha value is -2.42. The normalized spacial score (nSPS) is 14.0. The van der Waals surface area contributed by atoms with Crippen LogP contribution in [0.25, 0.3) is 0 Å². The molecule has 1 heterocycles. The van der Waals surface area contributed by atoms with E-state index in [1.54, 1.807) is 24.3 Å². The molecule has 0 aromatic heterocycles. The fraction of sp³-hybridized carbons (Fsp3) is 0.211. The summed E-state index contributed by atoms with van der Waals surface area (Å²) in [5.41, 5.74) is 5.26. The van der Waals surface area contributed by atoms with E-state index in [0.29, 0.717) is 17.2 Å². The molecule has 0 spiro atoms. The predicted octanol–water partition coefficient (Wildman–Crippen LogP) is 3.81. The van der Waals surface area contributed by atoms with Crippen LogP contribution >= 0.6 is 0 Å². The molecule has 111 valence electrons. The van der Waals surface area contributed by atoms with E-state index in [1.807, 2.05) is 27.7 Å². The summed E-state index contributed by atoms with van der Waals surface area (Å²) in [4.78, 5) is 26.5. The summed E-state index contributed by atoms with van der Waals surface area (Å²) in [6.45, 7) is 7.90. The van der Waals surface area contributed by atoms with Gasteiger partial charge < -0.3 is 0 Å². The molecule has 0 bridgehead atoms. The number of imide groups is 1. The number of hydrogen-bond donors (Lipinski definition) is 0. The van der Waals surface area contributed by atoms with Gasteiger partial charge in [0.1, 0.15) is 6.04 Å². The van der Waals surface area contributed by atoms with Crippen LogP contribution in [-0.2, 0) is 0 Å². The first-order chi connectivity index (χ1) is 10.4. The van der Waals surface area contributed by atoms with Gasteiger partial charge >= 0.3 is 0 Å². The van der Waals surface area contributed by atoms with Gasteiger partial charge in [-0.3, -0.25) is 14.5 Å². The van der Waals surface area contributed by atoms with Gasteiger partial charge in [-0.1, -0.05) is 29.8 Å². The third-order valence-electron chi connectivity index (χ3n) is 4.17. The molecule has 3 nitrogen and oxygen atoms in total. The van der Waals surface area contributed by atoms with Crippen molar-refractivity contribution in [3.63, 3.8) is 0 Å². The highest BCUT2D eigenvalue weighted by Gasteiger charge is 2.39. The van der Waals surface area contributed by atoms with Crippen molar-refractivity contribution in [1.82, 2.24) is 4.90 Å². The quantitative estimate of drug-likeness (QED) is 0.789. The van der Waals surface area contributed by atoms with Crippen molar-refractivity contribution in [2.45, 2.75) is 27.7 Å². The van der Waals surface area contributed by atoms with Crippen LogP contribution in [0.5, 0.6) is 0 Å². The number of hydrogen-bond acceptors (Lipinski definition) is 2. The number of amides is 2. The molecule has 2 aromatic carbocycles. The van der Waals surface area contributed by atoms with Crippen molar-refractivity contribution in [3.8, 4) is 0 Å². The van der Waals surface area contributed by atoms with Crippen LogP contribution in [0, 0.1) is 26.8 Å². The predicted molar refractivity (Wildman–Crippen MR) is 85.6 cm³/mol. The van der Waals surface area contributed by atoms with E-state index < -0.39 is 0 Å². The van der Waals surface area contributed by atoms with Gasteiger partial charge in [0.25, 0.3) is 11.8 Å². The highest BCUT2D eigenvalue weighted by atomic mass is 16.2. The molecular formula is C19H18NO2. The van der Waals surface area contributed by atoms with Crippen LogP contribution < -0.4 is 0 Å². The number of carbonyl (C=O) groups is 2. The first-order valence-electron chi connectivity index (χ1n) is 7.31. The number of fused-ring (bicyclic) bond motifs is 1. The summed E-state index contributed by atoms with van der Waals surface area (Å²) in [5.74, 6) is -0.477. The Labute approximate surface area is 130 Å². The van der Waals surface area contributed by atoms with Gasteiger partial charge in [0.05, 0.1) is 11.1 Å². The van der Waals surface area contributed by atoms with Crippen molar-refractivity contribution in [1.29, 1.82) is 0 Å². The number of aryl methyl sites for hydroxylation is 3. The lowest BCUT2D eigenvalue weighted by Crippen LogP contribution is -2.34. The minimum absolute atomic E-state index is 0.238. The zero-order valence-electron chi connectivity index (χ0n) is 13.2. The van der Waals surface area contributed by atoms with Crippen LogP contribution in [0.1, 0.15) is 49.9 Å². The van der Waals surface area contributed by atoms with E-state index in [-0.39, 0.29) is 11.8 Å². The molecule has 0 N–H and O–H groups in total. The molecule has 1 aliphatic heterocycles. The van der Waals surface area contributed by atoms with Crippen molar-refractivity contribution in [3.05, 3.63) is 75.8 Å². The summed E-state index contributed by atoms with van der Waals surface area (Å²) in [7, 11) is 0. The highest BCUT2D eigenvalue weighted by Crippen LogP contribution is 2.33. The number of carbonyl (C=O) groups excluding carboxylic acids is 2. The fourth-order valence-electron chi connectivity index (χ4n) is 3.36. The summed E-state index contributed by atoms with van der Waals surface area (Å²) < 4.78 is 0. The minimum Gasteiger partial charge on any atom is -0.269 e. The fourth-order valence-corrected chi connectivity index (χ4v) is 3.36. The zero-order valence-corrected chi connectivity index (χ0v) is 13.2. The number of nitrogens with zero attached hydrogens (tertiary/aromatic N) is 1. The van der Waals surface area contributed by atoms with Crippen LogP contribution in [0.3, 0.4) is 0 Å². The van der Waals surface area contributed by atoms with E-state index in [9.17, 15) is 9.59 Å². The third-order valence-corrected chi connectivity index (χ3v) is 4.17. The maximum atomic E-state index is 12.6. The molecule has 3 heteroatoms. The Bertz CT molecular complexity index is 734. The lowest BCUT2D eigenvalue weighted by molar-refractivity contribution is 0.0677. The molecule has 0 saturated carbocycles. The standard InChI is InChI=1S/C19H18NO2/c1-11-9-12(2)17(13(3)10-11)14(4)20-18(21)15-7-5-6-8-16(15)19(20)22/h5-10H,1-4H3. The molecule has 0 aliphatic carbocycles. The van der Waals surface area contributed by atoms with Gasteiger partial charge in [-0.25, -0.2) is 0 Å². The van der Waals surface area contributed by atoms with Crippen molar-refractivity contribution in [2.75, 3.05) is 0 Å². The Balaban J connectivity index is 2.07. The first-order valence-corrected chi connectivity index (χ1v) is 7.31. The molecule has 1 radical (unpaired) electrons. The monoisotopic (exact) mass is 292 g/mol. The molecule has 0 unspecified atom stereocenters. The van der Waals surface area contributed by atoms with Gasteiger partial charge in [0.2, 0.25) is 0 Å². The highest BCUT2D eigenvalue weighted by molar-refractivity contribution is 6.22. The second-order valence-electron chi connectivity index (χ2n) is 5.85. The van der Waals surface area contributed by atoms with Gasteiger partial charge in [-0.05, 0) is 56.5 Å². The zero-order chi connectivity index (χ0) is 16.0. The molecular weight excluding hydrogens is 274 g/mol. The summed E-state index contributed by atoms with van der Waals surface area (Å²) in [6, 6.07) is 11.8. The second-order valence-corrected chi connectivity index (χ2v) is 5.85. The number of rotatable bonds is 2. The molecule has 2 aromatic rings. The average molecular weight is 292 g/mol. The van der Waals surface area contributed by atoms with E-state index in [2.05, 4.69) is 12.1 Å². The largest absolute Gasteiger partial charge is 0.269 e. The third kappa shape index (κ3) is 2.05. The maximum absolute atomic E-state index is 12.6. The Morgan fingerprint density at radius 2 is 1.32 bits per heavy atom. The smallest absolute Gasteiger partial charge is 0.262 e. The minimum atomic E-state index is -0.238. The van der Waals surface area contributed by atoms with Crippen LogP contribution in [0.2, 0.25) is 0 Å². The lowest BCUT2D eigenvalue weighted by atomic mass is 9.94. The molecule has 0 saturated heterocycles. The van der Waals surface area contributed by atoms with Crippen LogP contribution in [-0.4, -0.2) is 16.7 Å². The second kappa shape index (κ2) is 5.09. The van der Waals surface area contributed by atoms with E-state index >= 15 is 0 Å². The molecule has 0 fully saturated rings. The van der Waals surface area contributed by atoms with Gasteiger partial charge in [-0.15, -0.1) is 0 Å². The lowest BCUT2D eigenvalue weighted by Gasteiger charge is -2.25. The van der Waals surface area contributed by atoms with Crippen LogP contribution in [0.4, 0.5) is 0 Å². The van der Waals surface area contributed by atoms with Crippen molar-refractivity contribution in [2.24, 2.45) is 0 Å².